The third-order valence-corrected chi connectivity index (χ3v) is 3.58. The number of aromatic nitrogens is 1. The van der Waals surface area contributed by atoms with Crippen molar-refractivity contribution in [2.75, 3.05) is 5.32 Å². The van der Waals surface area contributed by atoms with Gasteiger partial charge in [-0.1, -0.05) is 17.7 Å². The van der Waals surface area contributed by atoms with E-state index in [1.807, 2.05) is 41.2 Å². The van der Waals surface area contributed by atoms with Gasteiger partial charge in [0.25, 0.3) is 0 Å². The fourth-order valence-electron chi connectivity index (χ4n) is 2.34. The maximum Gasteiger partial charge on any atom is 0.226 e. The van der Waals surface area contributed by atoms with E-state index in [1.165, 1.54) is 0 Å². The maximum atomic E-state index is 12.3. The lowest BCUT2D eigenvalue weighted by Gasteiger charge is -2.16. The molecule has 4 nitrogen and oxygen atoms in total. The number of nitrogens with zero attached hydrogens (tertiary/aromatic N) is 1. The number of hydrogen-bond acceptors (Lipinski definition) is 2. The van der Waals surface area contributed by atoms with Crippen LogP contribution in [0.15, 0.2) is 71.6 Å². The Balaban J connectivity index is 1.75. The van der Waals surface area contributed by atoms with Crippen molar-refractivity contribution in [3.8, 4) is 0 Å². The second kappa shape index (κ2) is 6.54. The van der Waals surface area contributed by atoms with Crippen molar-refractivity contribution < 1.29 is 9.21 Å². The number of furan rings is 1. The lowest BCUT2D eigenvalue weighted by atomic mass is 10.1. The van der Waals surface area contributed by atoms with Crippen LogP contribution in [0.3, 0.4) is 0 Å². The molecule has 1 aromatic carbocycles. The molecule has 0 spiro atoms. The third-order valence-electron chi connectivity index (χ3n) is 3.35. The summed E-state index contributed by atoms with van der Waals surface area (Å²) in [6.45, 7) is 0. The first-order valence-electron chi connectivity index (χ1n) is 6.93. The van der Waals surface area contributed by atoms with Crippen LogP contribution in [0.1, 0.15) is 18.2 Å². The standard InChI is InChI=1S/C17H15ClN2O2/c18-13-5-3-6-14(11-13)19-17(21)12-15(16-7-4-10-22-16)20-8-1-2-9-20/h1-11,15H,12H2,(H,19,21)/t15-/m1/s1. The highest BCUT2D eigenvalue weighted by atomic mass is 35.5. The number of benzene rings is 1. The van der Waals surface area contributed by atoms with Crippen molar-refractivity contribution in [3.05, 3.63) is 78.0 Å². The van der Waals surface area contributed by atoms with Crippen LogP contribution in [-0.2, 0) is 4.79 Å². The summed E-state index contributed by atoms with van der Waals surface area (Å²) in [6, 6.07) is 14.5. The molecule has 0 unspecified atom stereocenters. The molecule has 1 atom stereocenters. The topological polar surface area (TPSA) is 47.2 Å². The molecule has 0 saturated carbocycles. The van der Waals surface area contributed by atoms with Gasteiger partial charge < -0.3 is 14.3 Å². The van der Waals surface area contributed by atoms with Gasteiger partial charge in [-0.2, -0.15) is 0 Å². The summed E-state index contributed by atoms with van der Waals surface area (Å²) in [5.74, 6) is 0.648. The average molecular weight is 315 g/mol. The second-order valence-corrected chi connectivity index (χ2v) is 5.36. The minimum absolute atomic E-state index is 0.0997. The minimum atomic E-state index is -0.177. The Bertz CT molecular complexity index is 702. The molecule has 1 amide bonds. The summed E-state index contributed by atoms with van der Waals surface area (Å²) in [7, 11) is 0. The van der Waals surface area contributed by atoms with E-state index in [9.17, 15) is 4.79 Å². The summed E-state index contributed by atoms with van der Waals surface area (Å²) in [5.41, 5.74) is 0.684. The zero-order valence-corrected chi connectivity index (χ0v) is 12.5. The summed E-state index contributed by atoms with van der Waals surface area (Å²) in [4.78, 5) is 12.3. The van der Waals surface area contributed by atoms with Gasteiger partial charge in [0.2, 0.25) is 5.91 Å². The number of nitrogens with one attached hydrogen (secondary N) is 1. The van der Waals surface area contributed by atoms with Crippen LogP contribution in [0, 0.1) is 0 Å². The molecular formula is C17H15ClN2O2. The Morgan fingerprint density at radius 3 is 2.68 bits per heavy atom. The molecule has 3 aromatic rings. The molecule has 22 heavy (non-hydrogen) atoms. The molecule has 1 N–H and O–H groups in total. The third kappa shape index (κ3) is 3.40. The molecule has 112 valence electrons. The van der Waals surface area contributed by atoms with Crippen molar-refractivity contribution in [1.29, 1.82) is 0 Å². The summed E-state index contributed by atoms with van der Waals surface area (Å²) >= 11 is 5.93. The molecule has 0 fully saturated rings. The zero-order chi connectivity index (χ0) is 15.4. The van der Waals surface area contributed by atoms with Gasteiger partial charge in [0.15, 0.2) is 0 Å². The van der Waals surface area contributed by atoms with Crippen LogP contribution in [0.4, 0.5) is 5.69 Å². The number of amides is 1. The summed E-state index contributed by atoms with van der Waals surface area (Å²) in [5, 5.41) is 3.45. The highest BCUT2D eigenvalue weighted by Crippen LogP contribution is 2.24. The van der Waals surface area contributed by atoms with Crippen molar-refractivity contribution >= 4 is 23.2 Å². The van der Waals surface area contributed by atoms with Gasteiger partial charge in [-0.25, -0.2) is 0 Å². The molecule has 0 aliphatic rings. The molecular weight excluding hydrogens is 300 g/mol. The van der Waals surface area contributed by atoms with Crippen LogP contribution in [0.25, 0.3) is 0 Å². The molecule has 2 heterocycles. The SMILES string of the molecule is O=C(C[C@H](c1ccco1)n1cccc1)Nc1cccc(Cl)c1. The zero-order valence-electron chi connectivity index (χ0n) is 11.8. The number of halogens is 1. The monoisotopic (exact) mass is 314 g/mol. The van der Waals surface area contributed by atoms with Gasteiger partial charge in [0.1, 0.15) is 5.76 Å². The number of hydrogen-bond donors (Lipinski definition) is 1. The van der Waals surface area contributed by atoms with Gasteiger partial charge in [-0.15, -0.1) is 0 Å². The van der Waals surface area contributed by atoms with Crippen molar-refractivity contribution in [2.24, 2.45) is 0 Å². The van der Waals surface area contributed by atoms with Gasteiger partial charge >= 0.3 is 0 Å². The fraction of sp³-hybridized carbons (Fsp3) is 0.118. The Labute approximate surface area is 133 Å². The average Bonchev–Trinajstić information content (AvgIpc) is 3.18. The van der Waals surface area contributed by atoms with Crippen molar-refractivity contribution in [3.63, 3.8) is 0 Å². The van der Waals surface area contributed by atoms with E-state index < -0.39 is 0 Å². The quantitative estimate of drug-likeness (QED) is 0.761. The predicted octanol–water partition coefficient (Wildman–Crippen LogP) is 4.35. The molecule has 3 rings (SSSR count). The van der Waals surface area contributed by atoms with Crippen LogP contribution in [0.2, 0.25) is 5.02 Å². The molecule has 0 saturated heterocycles. The van der Waals surface area contributed by atoms with Crippen LogP contribution in [-0.4, -0.2) is 10.5 Å². The molecule has 0 aliphatic carbocycles. The second-order valence-electron chi connectivity index (χ2n) is 4.92. The van der Waals surface area contributed by atoms with E-state index in [4.69, 9.17) is 16.0 Å². The van der Waals surface area contributed by atoms with E-state index >= 15 is 0 Å². The van der Waals surface area contributed by atoms with Gasteiger partial charge in [-0.3, -0.25) is 4.79 Å². The number of carbonyl (C=O) groups is 1. The van der Waals surface area contributed by atoms with Gasteiger partial charge in [-0.05, 0) is 42.5 Å². The van der Waals surface area contributed by atoms with Crippen molar-refractivity contribution in [1.82, 2.24) is 4.57 Å². The number of anilines is 1. The number of carbonyl (C=O) groups excluding carboxylic acids is 1. The summed E-state index contributed by atoms with van der Waals surface area (Å²) in [6.07, 6.45) is 5.72. The minimum Gasteiger partial charge on any atom is -0.467 e. The Kier molecular flexibility index (Phi) is 4.30. The summed E-state index contributed by atoms with van der Waals surface area (Å²) < 4.78 is 7.42. The highest BCUT2D eigenvalue weighted by molar-refractivity contribution is 6.30. The van der Waals surface area contributed by atoms with E-state index in [0.717, 1.165) is 5.76 Å². The van der Waals surface area contributed by atoms with Gasteiger partial charge in [0.05, 0.1) is 18.7 Å². The molecule has 2 aromatic heterocycles. The Morgan fingerprint density at radius 1 is 1.18 bits per heavy atom. The van der Waals surface area contributed by atoms with Crippen molar-refractivity contribution in [2.45, 2.75) is 12.5 Å². The van der Waals surface area contributed by atoms with E-state index in [1.54, 1.807) is 30.5 Å². The molecule has 0 bridgehead atoms. The highest BCUT2D eigenvalue weighted by Gasteiger charge is 2.19. The lowest BCUT2D eigenvalue weighted by molar-refractivity contribution is -0.116. The van der Waals surface area contributed by atoms with Crippen LogP contribution >= 0.6 is 11.6 Å². The fourth-order valence-corrected chi connectivity index (χ4v) is 2.53. The molecule has 0 radical (unpaired) electrons. The Hall–Kier alpha value is -2.46. The smallest absolute Gasteiger partial charge is 0.226 e. The normalized spacial score (nSPS) is 12.0. The van der Waals surface area contributed by atoms with Crippen LogP contribution in [0.5, 0.6) is 0 Å². The first-order valence-corrected chi connectivity index (χ1v) is 7.31. The predicted molar refractivity (Wildman–Crippen MR) is 86.0 cm³/mol. The number of rotatable bonds is 5. The van der Waals surface area contributed by atoms with E-state index in [-0.39, 0.29) is 18.4 Å². The van der Waals surface area contributed by atoms with Gasteiger partial charge in [0, 0.05) is 23.1 Å². The first kappa shape index (κ1) is 14.5. The molecule has 5 heteroatoms. The largest absolute Gasteiger partial charge is 0.467 e. The molecule has 0 aliphatic heterocycles. The van der Waals surface area contributed by atoms with E-state index in [2.05, 4.69) is 5.32 Å². The van der Waals surface area contributed by atoms with Crippen LogP contribution < -0.4 is 5.32 Å². The maximum absolute atomic E-state index is 12.3. The van der Waals surface area contributed by atoms with E-state index in [0.29, 0.717) is 10.7 Å². The lowest BCUT2D eigenvalue weighted by Crippen LogP contribution is -2.19. The first-order chi connectivity index (χ1) is 10.7. The Morgan fingerprint density at radius 2 is 2.00 bits per heavy atom.